The van der Waals surface area contributed by atoms with Crippen LogP contribution in [0.25, 0.3) is 0 Å². The van der Waals surface area contributed by atoms with E-state index in [1.165, 1.54) is 12.1 Å². The molecular weight excluding hydrogens is 222 g/mol. The standard InChI is InChI=1S/C14H10F2O/c15-11-7-3-1-5-9(11)13-14(17-13)10-6-2-4-8-12(10)16/h1-8,13-14H/t13-,14-/m0/s1. The largest absolute Gasteiger partial charge is 0.359 e. The third kappa shape index (κ3) is 1.83. The highest BCUT2D eigenvalue weighted by Gasteiger charge is 2.44. The third-order valence-corrected chi connectivity index (χ3v) is 2.92. The van der Waals surface area contributed by atoms with Gasteiger partial charge in [-0.15, -0.1) is 0 Å². The predicted octanol–water partition coefficient (Wildman–Crippen LogP) is 3.78. The van der Waals surface area contributed by atoms with Gasteiger partial charge in [-0.05, 0) is 12.1 Å². The van der Waals surface area contributed by atoms with Crippen LogP contribution in [-0.2, 0) is 4.74 Å². The van der Waals surface area contributed by atoms with Crippen LogP contribution in [-0.4, -0.2) is 0 Å². The van der Waals surface area contributed by atoms with E-state index in [0.717, 1.165) is 0 Å². The minimum Gasteiger partial charge on any atom is -0.359 e. The molecule has 3 heteroatoms. The van der Waals surface area contributed by atoms with E-state index in [2.05, 4.69) is 0 Å². The molecule has 0 aliphatic carbocycles. The first-order valence-electron chi connectivity index (χ1n) is 5.41. The van der Waals surface area contributed by atoms with Crippen LogP contribution in [0.2, 0.25) is 0 Å². The number of epoxide rings is 1. The number of rotatable bonds is 2. The zero-order chi connectivity index (χ0) is 11.8. The van der Waals surface area contributed by atoms with Crippen LogP contribution in [0.4, 0.5) is 8.78 Å². The molecule has 3 rings (SSSR count). The van der Waals surface area contributed by atoms with Gasteiger partial charge in [0.05, 0.1) is 0 Å². The number of benzene rings is 2. The molecule has 1 aliphatic heterocycles. The lowest BCUT2D eigenvalue weighted by Crippen LogP contribution is -1.91. The van der Waals surface area contributed by atoms with Gasteiger partial charge in [-0.2, -0.15) is 0 Å². The predicted molar refractivity (Wildman–Crippen MR) is 59.4 cm³/mol. The van der Waals surface area contributed by atoms with Gasteiger partial charge in [0.15, 0.2) is 0 Å². The summed E-state index contributed by atoms with van der Waals surface area (Å²) in [7, 11) is 0. The molecule has 1 saturated heterocycles. The molecule has 0 saturated carbocycles. The maximum absolute atomic E-state index is 13.5. The van der Waals surface area contributed by atoms with Crippen molar-refractivity contribution in [1.29, 1.82) is 0 Å². The van der Waals surface area contributed by atoms with E-state index in [4.69, 9.17) is 4.74 Å². The molecule has 1 aliphatic rings. The van der Waals surface area contributed by atoms with Crippen molar-refractivity contribution in [1.82, 2.24) is 0 Å². The first-order valence-corrected chi connectivity index (χ1v) is 5.41. The summed E-state index contributed by atoms with van der Waals surface area (Å²) in [5, 5.41) is 0. The summed E-state index contributed by atoms with van der Waals surface area (Å²) >= 11 is 0. The lowest BCUT2D eigenvalue weighted by atomic mass is 10.0. The lowest BCUT2D eigenvalue weighted by Gasteiger charge is -1.99. The molecule has 2 aromatic rings. The van der Waals surface area contributed by atoms with E-state index < -0.39 is 0 Å². The normalized spacial score (nSPS) is 22.5. The second-order valence-electron chi connectivity index (χ2n) is 4.02. The Hall–Kier alpha value is -1.74. The van der Waals surface area contributed by atoms with Gasteiger partial charge in [-0.1, -0.05) is 36.4 Å². The van der Waals surface area contributed by atoms with Crippen LogP contribution >= 0.6 is 0 Å². The van der Waals surface area contributed by atoms with Gasteiger partial charge in [0.1, 0.15) is 23.8 Å². The Balaban J connectivity index is 1.89. The maximum Gasteiger partial charge on any atom is 0.129 e. The fourth-order valence-electron chi connectivity index (χ4n) is 2.00. The quantitative estimate of drug-likeness (QED) is 0.718. The molecule has 0 spiro atoms. The fourth-order valence-corrected chi connectivity index (χ4v) is 2.00. The molecule has 2 aromatic carbocycles. The van der Waals surface area contributed by atoms with Gasteiger partial charge < -0.3 is 4.74 Å². The number of hydrogen-bond acceptors (Lipinski definition) is 1. The van der Waals surface area contributed by atoms with E-state index in [0.29, 0.717) is 11.1 Å². The Kier molecular flexibility index (Phi) is 2.41. The van der Waals surface area contributed by atoms with E-state index in [1.807, 2.05) is 0 Å². The van der Waals surface area contributed by atoms with Crippen molar-refractivity contribution in [2.24, 2.45) is 0 Å². The molecule has 17 heavy (non-hydrogen) atoms. The summed E-state index contributed by atoms with van der Waals surface area (Å²) in [5.74, 6) is -0.618. The highest BCUT2D eigenvalue weighted by atomic mass is 19.1. The summed E-state index contributed by atoms with van der Waals surface area (Å²) in [6, 6.07) is 12.8. The van der Waals surface area contributed by atoms with Crippen molar-refractivity contribution >= 4 is 0 Å². The Morgan fingerprint density at radius 1 is 0.706 bits per heavy atom. The molecule has 2 atom stereocenters. The van der Waals surface area contributed by atoms with Crippen LogP contribution in [0.1, 0.15) is 23.3 Å². The second kappa shape index (κ2) is 3.93. The van der Waals surface area contributed by atoms with Crippen LogP contribution in [0.5, 0.6) is 0 Å². The minimum atomic E-state index is -0.368. The molecule has 1 fully saturated rings. The van der Waals surface area contributed by atoms with E-state index in [9.17, 15) is 8.78 Å². The van der Waals surface area contributed by atoms with Crippen LogP contribution in [0, 0.1) is 11.6 Å². The smallest absolute Gasteiger partial charge is 0.129 e. The van der Waals surface area contributed by atoms with Crippen molar-refractivity contribution in [3.63, 3.8) is 0 Å². The average Bonchev–Trinajstić information content (AvgIpc) is 3.10. The highest BCUT2D eigenvalue weighted by molar-refractivity contribution is 5.31. The zero-order valence-electron chi connectivity index (χ0n) is 8.94. The summed E-state index contributed by atoms with van der Waals surface area (Å²) in [6.45, 7) is 0. The van der Waals surface area contributed by atoms with Crippen LogP contribution in [0.3, 0.4) is 0 Å². The second-order valence-corrected chi connectivity index (χ2v) is 4.02. The van der Waals surface area contributed by atoms with Gasteiger partial charge in [0.25, 0.3) is 0 Å². The van der Waals surface area contributed by atoms with Gasteiger partial charge in [0.2, 0.25) is 0 Å². The Morgan fingerprint density at radius 3 is 1.53 bits per heavy atom. The van der Waals surface area contributed by atoms with Crippen LogP contribution < -0.4 is 0 Å². The van der Waals surface area contributed by atoms with E-state index >= 15 is 0 Å². The molecule has 0 aromatic heterocycles. The van der Waals surface area contributed by atoms with Crippen molar-refractivity contribution in [3.05, 3.63) is 71.3 Å². The highest BCUT2D eigenvalue weighted by Crippen LogP contribution is 2.51. The first-order chi connectivity index (χ1) is 8.27. The van der Waals surface area contributed by atoms with E-state index in [1.54, 1.807) is 36.4 Å². The van der Waals surface area contributed by atoms with Gasteiger partial charge in [-0.25, -0.2) is 8.78 Å². The topological polar surface area (TPSA) is 12.5 Å². The molecular formula is C14H10F2O. The fraction of sp³-hybridized carbons (Fsp3) is 0.143. The third-order valence-electron chi connectivity index (χ3n) is 2.92. The monoisotopic (exact) mass is 232 g/mol. The molecule has 0 unspecified atom stereocenters. The first kappa shape index (κ1) is 10.4. The minimum absolute atomic E-state index is 0.309. The SMILES string of the molecule is Fc1ccccc1[C@@H]1O[C@H]1c1ccccc1F. The van der Waals surface area contributed by atoms with Crippen molar-refractivity contribution < 1.29 is 13.5 Å². The van der Waals surface area contributed by atoms with Gasteiger partial charge in [0, 0.05) is 11.1 Å². The molecule has 1 nitrogen and oxygen atoms in total. The zero-order valence-corrected chi connectivity index (χ0v) is 8.94. The van der Waals surface area contributed by atoms with Gasteiger partial charge in [-0.3, -0.25) is 0 Å². The molecule has 0 radical (unpaired) electrons. The lowest BCUT2D eigenvalue weighted by molar-refractivity contribution is 0.369. The molecule has 86 valence electrons. The molecule has 1 heterocycles. The summed E-state index contributed by atoms with van der Waals surface area (Å²) in [4.78, 5) is 0. The molecule has 0 bridgehead atoms. The molecule has 0 amide bonds. The number of ether oxygens (including phenoxy) is 1. The summed E-state index contributed by atoms with van der Waals surface area (Å²) in [6.07, 6.45) is -0.735. The van der Waals surface area contributed by atoms with E-state index in [-0.39, 0.29) is 23.8 Å². The maximum atomic E-state index is 13.5. The number of hydrogen-bond donors (Lipinski definition) is 0. The molecule has 0 N–H and O–H groups in total. The Labute approximate surface area is 97.7 Å². The van der Waals surface area contributed by atoms with Crippen molar-refractivity contribution in [2.75, 3.05) is 0 Å². The van der Waals surface area contributed by atoms with Crippen molar-refractivity contribution in [2.45, 2.75) is 12.2 Å². The van der Waals surface area contributed by atoms with Crippen LogP contribution in [0.15, 0.2) is 48.5 Å². The summed E-state index contributed by atoms with van der Waals surface area (Å²) < 4.78 is 32.4. The van der Waals surface area contributed by atoms with Crippen molar-refractivity contribution in [3.8, 4) is 0 Å². The summed E-state index contributed by atoms with van der Waals surface area (Å²) in [5.41, 5.74) is 0.974. The Morgan fingerprint density at radius 2 is 1.12 bits per heavy atom. The Bertz CT molecular complexity index is 504. The average molecular weight is 232 g/mol. The van der Waals surface area contributed by atoms with Gasteiger partial charge >= 0.3 is 0 Å². The number of halogens is 2.